The molecule has 0 saturated carbocycles. The Morgan fingerprint density at radius 3 is 2.59 bits per heavy atom. The number of hydrogen-bond acceptors (Lipinski definition) is 4. The van der Waals surface area contributed by atoms with Crippen LogP contribution < -0.4 is 5.32 Å². The fourth-order valence-corrected chi connectivity index (χ4v) is 1.88. The highest BCUT2D eigenvalue weighted by atomic mass is 16.2. The Morgan fingerprint density at radius 1 is 1.18 bits per heavy atom. The molecule has 1 N–H and O–H groups in total. The normalized spacial score (nSPS) is 17.2. The first kappa shape index (κ1) is 15.4. The molecule has 112 valence electrons. The fraction of sp³-hybridized carbons (Fsp3) is 0.125. The van der Waals surface area contributed by atoms with Crippen LogP contribution in [0.15, 0.2) is 59.6 Å². The number of amides is 4. The molecule has 0 radical (unpaired) electrons. The maximum absolute atomic E-state index is 12.1. The van der Waals surface area contributed by atoms with E-state index in [9.17, 15) is 14.4 Å². The third-order valence-corrected chi connectivity index (χ3v) is 2.92. The second kappa shape index (κ2) is 7.12. The molecule has 0 atom stereocenters. The summed E-state index contributed by atoms with van der Waals surface area (Å²) in [5.74, 6) is -1.31. The van der Waals surface area contributed by atoms with Gasteiger partial charge in [-0.25, -0.2) is 4.79 Å². The summed E-state index contributed by atoms with van der Waals surface area (Å²) in [6, 6.07) is 8.56. The monoisotopic (exact) mass is 297 g/mol. The smallest absolute Gasteiger partial charge is 0.273 e. The van der Waals surface area contributed by atoms with Gasteiger partial charge in [0.15, 0.2) is 0 Å². The van der Waals surface area contributed by atoms with Crippen LogP contribution in [0, 0.1) is 0 Å². The summed E-state index contributed by atoms with van der Waals surface area (Å²) in [7, 11) is 0. The topological polar surface area (TPSA) is 78.8 Å². The highest BCUT2D eigenvalue weighted by molar-refractivity contribution is 6.28. The first-order valence-corrected chi connectivity index (χ1v) is 6.69. The molecular formula is C16H15N3O3. The molecule has 1 aliphatic heterocycles. The van der Waals surface area contributed by atoms with E-state index in [1.807, 2.05) is 30.3 Å². The Labute approximate surface area is 127 Å². The summed E-state index contributed by atoms with van der Waals surface area (Å²) >= 11 is 0. The molecule has 1 aromatic carbocycles. The van der Waals surface area contributed by atoms with E-state index in [-0.39, 0.29) is 12.1 Å². The van der Waals surface area contributed by atoms with Crippen molar-refractivity contribution in [3.8, 4) is 0 Å². The van der Waals surface area contributed by atoms with E-state index in [0.29, 0.717) is 6.42 Å². The molecule has 4 amide bonds. The van der Waals surface area contributed by atoms with E-state index in [2.05, 4.69) is 16.9 Å². The van der Waals surface area contributed by atoms with Gasteiger partial charge in [-0.05, 0) is 12.1 Å². The van der Waals surface area contributed by atoms with Gasteiger partial charge >= 0.3 is 6.03 Å². The predicted molar refractivity (Wildman–Crippen MR) is 82.7 cm³/mol. The van der Waals surface area contributed by atoms with E-state index in [1.54, 1.807) is 6.21 Å². The van der Waals surface area contributed by atoms with Crippen molar-refractivity contribution in [2.45, 2.75) is 6.42 Å². The number of aliphatic imine (C=N–C) groups is 1. The quantitative estimate of drug-likeness (QED) is 0.390. The molecule has 1 saturated heterocycles. The SMILES string of the molecule is C=CCN1C(=O)NC(=O)/C(=C/CC=Nc2ccccc2)C1=O. The maximum atomic E-state index is 12.1. The van der Waals surface area contributed by atoms with Crippen LogP contribution in [-0.2, 0) is 9.59 Å². The first-order valence-electron chi connectivity index (χ1n) is 6.69. The molecule has 0 spiro atoms. The average molecular weight is 297 g/mol. The lowest BCUT2D eigenvalue weighted by atomic mass is 10.1. The van der Waals surface area contributed by atoms with E-state index in [0.717, 1.165) is 10.6 Å². The molecule has 1 heterocycles. The number of urea groups is 1. The third kappa shape index (κ3) is 3.54. The number of imide groups is 2. The second-order valence-corrected chi connectivity index (χ2v) is 4.46. The average Bonchev–Trinajstić information content (AvgIpc) is 2.51. The molecule has 6 heteroatoms. The van der Waals surface area contributed by atoms with Gasteiger partial charge in [0.05, 0.1) is 5.69 Å². The van der Waals surface area contributed by atoms with Crippen molar-refractivity contribution < 1.29 is 14.4 Å². The lowest BCUT2D eigenvalue weighted by Gasteiger charge is -2.25. The van der Waals surface area contributed by atoms with Gasteiger partial charge in [-0.15, -0.1) is 6.58 Å². The molecule has 6 nitrogen and oxygen atoms in total. The lowest BCUT2D eigenvalue weighted by Crippen LogP contribution is -2.54. The number of benzene rings is 1. The van der Waals surface area contributed by atoms with Crippen LogP contribution in [0.25, 0.3) is 0 Å². The van der Waals surface area contributed by atoms with Crippen LogP contribution >= 0.6 is 0 Å². The second-order valence-electron chi connectivity index (χ2n) is 4.46. The van der Waals surface area contributed by atoms with Crippen LogP contribution in [0.2, 0.25) is 0 Å². The van der Waals surface area contributed by atoms with Gasteiger partial charge in [0, 0.05) is 19.2 Å². The van der Waals surface area contributed by atoms with E-state index in [1.165, 1.54) is 12.2 Å². The number of rotatable bonds is 5. The highest BCUT2D eigenvalue weighted by Crippen LogP contribution is 2.11. The number of carbonyl (C=O) groups excluding carboxylic acids is 3. The Hall–Kier alpha value is -3.02. The van der Waals surface area contributed by atoms with E-state index < -0.39 is 17.8 Å². The molecule has 22 heavy (non-hydrogen) atoms. The van der Waals surface area contributed by atoms with Crippen molar-refractivity contribution >= 4 is 29.7 Å². The van der Waals surface area contributed by atoms with Crippen LogP contribution in [0.3, 0.4) is 0 Å². The number of carbonyl (C=O) groups is 3. The number of barbiturate groups is 1. The van der Waals surface area contributed by atoms with E-state index in [4.69, 9.17) is 0 Å². The zero-order valence-corrected chi connectivity index (χ0v) is 11.9. The Morgan fingerprint density at radius 2 is 1.91 bits per heavy atom. The van der Waals surface area contributed by atoms with Crippen molar-refractivity contribution in [2.24, 2.45) is 4.99 Å². The molecule has 0 bridgehead atoms. The summed E-state index contributed by atoms with van der Waals surface area (Å²) in [4.78, 5) is 40.5. The fourth-order valence-electron chi connectivity index (χ4n) is 1.88. The summed E-state index contributed by atoms with van der Waals surface area (Å²) in [5.41, 5.74) is 0.713. The van der Waals surface area contributed by atoms with Crippen molar-refractivity contribution in [1.82, 2.24) is 10.2 Å². The lowest BCUT2D eigenvalue weighted by molar-refractivity contribution is -0.129. The zero-order valence-electron chi connectivity index (χ0n) is 11.9. The van der Waals surface area contributed by atoms with Crippen molar-refractivity contribution in [1.29, 1.82) is 0 Å². The number of allylic oxidation sites excluding steroid dienone is 1. The molecule has 2 rings (SSSR count). The molecule has 0 aromatic heterocycles. The first-order chi connectivity index (χ1) is 10.6. The minimum absolute atomic E-state index is 0.0490. The number of hydrogen-bond donors (Lipinski definition) is 1. The van der Waals surface area contributed by atoms with Crippen molar-refractivity contribution in [3.05, 3.63) is 54.6 Å². The van der Waals surface area contributed by atoms with Gasteiger partial charge < -0.3 is 0 Å². The van der Waals surface area contributed by atoms with Crippen molar-refractivity contribution in [3.63, 3.8) is 0 Å². The minimum atomic E-state index is -0.731. The Bertz CT molecular complexity index is 662. The highest BCUT2D eigenvalue weighted by Gasteiger charge is 2.34. The van der Waals surface area contributed by atoms with Gasteiger partial charge in [0.25, 0.3) is 11.8 Å². The van der Waals surface area contributed by atoms with E-state index >= 15 is 0 Å². The zero-order chi connectivity index (χ0) is 15.9. The number of nitrogens with zero attached hydrogens (tertiary/aromatic N) is 2. The molecular weight excluding hydrogens is 282 g/mol. The molecule has 0 aliphatic carbocycles. The largest absolute Gasteiger partial charge is 0.331 e. The summed E-state index contributed by atoms with van der Waals surface area (Å²) in [5, 5.41) is 2.12. The Balaban J connectivity index is 2.07. The van der Waals surface area contributed by atoms with Gasteiger partial charge in [0.2, 0.25) is 0 Å². The van der Waals surface area contributed by atoms with Crippen molar-refractivity contribution in [2.75, 3.05) is 6.54 Å². The standard InChI is InChI=1S/C16H15N3O3/c1-2-11-19-15(21)13(14(20)18-16(19)22)9-6-10-17-12-7-4-3-5-8-12/h2-5,7-10H,1,6,11H2,(H,18,20,22)/b13-9-,17-10?. The summed E-state index contributed by atoms with van der Waals surface area (Å²) in [6.07, 6.45) is 4.77. The number of nitrogens with one attached hydrogen (secondary N) is 1. The summed E-state index contributed by atoms with van der Waals surface area (Å²) in [6.45, 7) is 3.53. The molecule has 1 aliphatic rings. The maximum Gasteiger partial charge on any atom is 0.331 e. The predicted octanol–water partition coefficient (Wildman–Crippen LogP) is 1.97. The molecule has 0 unspecified atom stereocenters. The summed E-state index contributed by atoms with van der Waals surface area (Å²) < 4.78 is 0. The van der Waals surface area contributed by atoms with Crippen LogP contribution in [0.1, 0.15) is 6.42 Å². The minimum Gasteiger partial charge on any atom is -0.273 e. The molecule has 1 aromatic rings. The van der Waals surface area contributed by atoms with Gasteiger partial charge in [0.1, 0.15) is 5.57 Å². The van der Waals surface area contributed by atoms with Gasteiger partial charge in [-0.3, -0.25) is 24.8 Å². The third-order valence-electron chi connectivity index (χ3n) is 2.92. The van der Waals surface area contributed by atoms with Crippen LogP contribution in [-0.4, -0.2) is 35.5 Å². The Kier molecular flexibility index (Phi) is 4.98. The van der Waals surface area contributed by atoms with Gasteiger partial charge in [-0.2, -0.15) is 0 Å². The van der Waals surface area contributed by atoms with Crippen LogP contribution in [0.4, 0.5) is 10.5 Å². The van der Waals surface area contributed by atoms with Gasteiger partial charge in [-0.1, -0.05) is 30.4 Å². The molecule has 1 fully saturated rings. The number of para-hydroxylation sites is 1. The van der Waals surface area contributed by atoms with Crippen LogP contribution in [0.5, 0.6) is 0 Å².